The van der Waals surface area contributed by atoms with Crippen molar-refractivity contribution >= 4 is 39.9 Å². The molecule has 0 bridgehead atoms. The topological polar surface area (TPSA) is 71.5 Å². The molecule has 1 rings (SSSR count). The van der Waals surface area contributed by atoms with E-state index in [-0.39, 0.29) is 18.4 Å². The average molecular weight is 334 g/mol. The third kappa shape index (κ3) is 6.41. The van der Waals surface area contributed by atoms with E-state index in [0.29, 0.717) is 24.7 Å². The first-order valence-electron chi connectivity index (χ1n) is 6.57. The molecule has 118 valence electrons. The molecule has 1 atom stereocenters. The molecule has 0 aliphatic heterocycles. The normalized spacial score (nSPS) is 12.0. The molecule has 1 N–H and O–H groups in total. The van der Waals surface area contributed by atoms with Crippen molar-refractivity contribution in [2.24, 2.45) is 0 Å². The fraction of sp³-hybridized carbons (Fsp3) is 0.615. The molecule has 8 heteroatoms. The fourth-order valence-corrected chi connectivity index (χ4v) is 2.50. The third-order valence-corrected chi connectivity index (χ3v) is 3.69. The van der Waals surface area contributed by atoms with Gasteiger partial charge in [0, 0.05) is 25.6 Å². The number of aromatic nitrogens is 1. The summed E-state index contributed by atoms with van der Waals surface area (Å²) in [6.45, 7) is 4.34. The molecular formula is C13H20ClN3O3S. The van der Waals surface area contributed by atoms with Crippen molar-refractivity contribution in [1.82, 2.24) is 9.88 Å². The molecule has 1 unspecified atom stereocenters. The van der Waals surface area contributed by atoms with Crippen LogP contribution in [0, 0.1) is 6.92 Å². The van der Waals surface area contributed by atoms with Crippen LogP contribution >= 0.6 is 22.9 Å². The highest BCUT2D eigenvalue weighted by atomic mass is 35.5. The first kappa shape index (κ1) is 17.9. The number of carbonyl (C=O) groups excluding carboxylic acids is 2. The molecule has 0 aliphatic rings. The molecule has 2 amide bonds. The van der Waals surface area contributed by atoms with Crippen molar-refractivity contribution in [3.05, 3.63) is 11.1 Å². The van der Waals surface area contributed by atoms with Crippen LogP contribution in [0.3, 0.4) is 0 Å². The van der Waals surface area contributed by atoms with Gasteiger partial charge in [0.05, 0.1) is 12.2 Å². The molecular weight excluding hydrogens is 314 g/mol. The lowest BCUT2D eigenvalue weighted by atomic mass is 10.3. The summed E-state index contributed by atoms with van der Waals surface area (Å²) < 4.78 is 4.96. The molecule has 0 saturated heterocycles. The Morgan fingerprint density at radius 2 is 2.29 bits per heavy atom. The molecule has 6 nitrogen and oxygen atoms in total. The highest BCUT2D eigenvalue weighted by molar-refractivity contribution is 7.13. The summed E-state index contributed by atoms with van der Waals surface area (Å²) in [7, 11) is 1.59. The lowest BCUT2D eigenvalue weighted by molar-refractivity contribution is -0.134. The number of methoxy groups -OCH3 is 1. The Kier molecular flexibility index (Phi) is 7.63. The van der Waals surface area contributed by atoms with Gasteiger partial charge in [0.15, 0.2) is 5.13 Å². The Balaban J connectivity index is 2.57. The van der Waals surface area contributed by atoms with Gasteiger partial charge in [0.1, 0.15) is 5.38 Å². The zero-order chi connectivity index (χ0) is 15.8. The van der Waals surface area contributed by atoms with Gasteiger partial charge in [-0.3, -0.25) is 9.59 Å². The number of hydrogen-bond donors (Lipinski definition) is 1. The number of hydrogen-bond acceptors (Lipinski definition) is 5. The van der Waals surface area contributed by atoms with E-state index in [9.17, 15) is 9.59 Å². The van der Waals surface area contributed by atoms with Crippen molar-refractivity contribution in [2.45, 2.75) is 25.6 Å². The molecule has 1 aromatic rings. The van der Waals surface area contributed by atoms with Gasteiger partial charge in [0.25, 0.3) is 0 Å². The minimum absolute atomic E-state index is 0.0434. The number of thiazole rings is 1. The van der Waals surface area contributed by atoms with Gasteiger partial charge < -0.3 is 15.0 Å². The van der Waals surface area contributed by atoms with Crippen LogP contribution in [0.5, 0.6) is 0 Å². The molecule has 0 fully saturated rings. The fourth-order valence-electron chi connectivity index (χ4n) is 1.66. The van der Waals surface area contributed by atoms with Crippen LogP contribution in [0.15, 0.2) is 5.38 Å². The molecule has 1 aromatic heterocycles. The highest BCUT2D eigenvalue weighted by Crippen LogP contribution is 2.14. The number of nitrogens with one attached hydrogen (secondary N) is 1. The number of ether oxygens (including phenoxy) is 1. The van der Waals surface area contributed by atoms with E-state index in [0.717, 1.165) is 5.69 Å². The quantitative estimate of drug-likeness (QED) is 0.582. The number of carbonyl (C=O) groups is 2. The summed E-state index contributed by atoms with van der Waals surface area (Å²) in [6, 6.07) is 0. The zero-order valence-electron chi connectivity index (χ0n) is 12.4. The van der Waals surface area contributed by atoms with Gasteiger partial charge in [-0.25, -0.2) is 4.98 Å². The predicted octanol–water partition coefficient (Wildman–Crippen LogP) is 1.88. The van der Waals surface area contributed by atoms with Gasteiger partial charge in [-0.05, 0) is 20.3 Å². The van der Waals surface area contributed by atoms with Gasteiger partial charge >= 0.3 is 0 Å². The molecule has 0 saturated carbocycles. The molecule has 0 aliphatic carbocycles. The minimum atomic E-state index is -0.664. The lowest BCUT2D eigenvalue weighted by Gasteiger charge is -2.23. The van der Waals surface area contributed by atoms with E-state index in [1.54, 1.807) is 14.0 Å². The Labute approximate surface area is 133 Å². The summed E-state index contributed by atoms with van der Waals surface area (Å²) in [5, 5.41) is 4.39. The number of aryl methyl sites for hydroxylation is 1. The monoisotopic (exact) mass is 333 g/mol. The standard InChI is InChI=1S/C13H20ClN3O3S/c1-9-8-21-13(15-9)16-11(18)7-17(5-4-6-20-3)12(19)10(2)14/h8,10H,4-7H2,1-3H3,(H,15,16,18). The van der Waals surface area contributed by atoms with Crippen LogP contribution in [0.4, 0.5) is 5.13 Å². The average Bonchev–Trinajstić information content (AvgIpc) is 2.82. The van der Waals surface area contributed by atoms with Crippen molar-refractivity contribution in [2.75, 3.05) is 32.1 Å². The molecule has 21 heavy (non-hydrogen) atoms. The van der Waals surface area contributed by atoms with E-state index < -0.39 is 5.38 Å². The first-order valence-corrected chi connectivity index (χ1v) is 7.89. The second-order valence-corrected chi connectivity index (χ2v) is 6.08. The zero-order valence-corrected chi connectivity index (χ0v) is 14.0. The van der Waals surface area contributed by atoms with Crippen LogP contribution in [-0.4, -0.2) is 53.9 Å². The number of nitrogens with zero attached hydrogens (tertiary/aromatic N) is 2. The van der Waals surface area contributed by atoms with Crippen molar-refractivity contribution in [3.8, 4) is 0 Å². The Morgan fingerprint density at radius 1 is 1.57 bits per heavy atom. The number of halogens is 1. The predicted molar refractivity (Wildman–Crippen MR) is 83.9 cm³/mol. The minimum Gasteiger partial charge on any atom is -0.385 e. The summed E-state index contributed by atoms with van der Waals surface area (Å²) in [6.07, 6.45) is 0.648. The Morgan fingerprint density at radius 3 is 2.81 bits per heavy atom. The molecule has 1 heterocycles. The van der Waals surface area contributed by atoms with Gasteiger partial charge in [-0.1, -0.05) is 0 Å². The van der Waals surface area contributed by atoms with Crippen molar-refractivity contribution in [1.29, 1.82) is 0 Å². The number of anilines is 1. The number of alkyl halides is 1. The maximum atomic E-state index is 12.0. The molecule has 0 spiro atoms. The lowest BCUT2D eigenvalue weighted by Crippen LogP contribution is -2.42. The van der Waals surface area contributed by atoms with E-state index in [1.165, 1.54) is 16.2 Å². The Bertz CT molecular complexity index is 479. The maximum Gasteiger partial charge on any atom is 0.245 e. The molecule has 0 radical (unpaired) electrons. The van der Waals surface area contributed by atoms with E-state index >= 15 is 0 Å². The smallest absolute Gasteiger partial charge is 0.245 e. The Hall–Kier alpha value is -1.18. The summed E-state index contributed by atoms with van der Waals surface area (Å²) in [5.41, 5.74) is 0.845. The van der Waals surface area contributed by atoms with Crippen molar-refractivity contribution < 1.29 is 14.3 Å². The summed E-state index contributed by atoms with van der Waals surface area (Å²) in [4.78, 5) is 29.6. The number of rotatable bonds is 8. The van der Waals surface area contributed by atoms with E-state index in [1.807, 2.05) is 12.3 Å². The van der Waals surface area contributed by atoms with E-state index in [2.05, 4.69) is 10.3 Å². The third-order valence-electron chi connectivity index (χ3n) is 2.63. The van der Waals surface area contributed by atoms with Crippen LogP contribution in [0.2, 0.25) is 0 Å². The summed E-state index contributed by atoms with van der Waals surface area (Å²) >= 11 is 7.17. The largest absolute Gasteiger partial charge is 0.385 e. The van der Waals surface area contributed by atoms with Gasteiger partial charge in [0.2, 0.25) is 11.8 Å². The second-order valence-electron chi connectivity index (χ2n) is 4.56. The van der Waals surface area contributed by atoms with Gasteiger partial charge in [-0.15, -0.1) is 22.9 Å². The first-order chi connectivity index (χ1) is 9.93. The maximum absolute atomic E-state index is 12.0. The van der Waals surface area contributed by atoms with Crippen LogP contribution in [-0.2, 0) is 14.3 Å². The van der Waals surface area contributed by atoms with Crippen molar-refractivity contribution in [3.63, 3.8) is 0 Å². The van der Waals surface area contributed by atoms with Crippen LogP contribution in [0.1, 0.15) is 19.0 Å². The SMILES string of the molecule is COCCCN(CC(=O)Nc1nc(C)cs1)C(=O)C(C)Cl. The second kappa shape index (κ2) is 8.96. The highest BCUT2D eigenvalue weighted by Gasteiger charge is 2.21. The van der Waals surface area contributed by atoms with Crippen LogP contribution in [0.25, 0.3) is 0 Å². The van der Waals surface area contributed by atoms with Gasteiger partial charge in [-0.2, -0.15) is 0 Å². The van der Waals surface area contributed by atoms with E-state index in [4.69, 9.17) is 16.3 Å². The molecule has 0 aromatic carbocycles. The number of amides is 2. The summed E-state index contributed by atoms with van der Waals surface area (Å²) in [5.74, 6) is -0.550. The van der Waals surface area contributed by atoms with Crippen LogP contribution < -0.4 is 5.32 Å².